The van der Waals surface area contributed by atoms with Crippen molar-refractivity contribution in [3.05, 3.63) is 42.8 Å². The van der Waals surface area contributed by atoms with Crippen LogP contribution in [0.25, 0.3) is 22.2 Å². The van der Waals surface area contributed by atoms with Crippen LogP contribution in [0.3, 0.4) is 0 Å². The van der Waals surface area contributed by atoms with Crippen molar-refractivity contribution in [2.24, 2.45) is 0 Å². The van der Waals surface area contributed by atoms with Gasteiger partial charge in [-0.05, 0) is 6.42 Å². The fraction of sp³-hybridized carbons (Fsp3) is 0.455. The maximum absolute atomic E-state index is 5.43. The summed E-state index contributed by atoms with van der Waals surface area (Å²) in [6.45, 7) is 3.24. The summed E-state index contributed by atoms with van der Waals surface area (Å²) in [7, 11) is 0. The molecule has 0 spiro atoms. The highest BCUT2D eigenvalue weighted by atomic mass is 32.1. The van der Waals surface area contributed by atoms with Crippen LogP contribution in [0.4, 0.5) is 5.00 Å². The molecule has 0 aliphatic heterocycles. The number of thiazole rings is 1. The predicted molar refractivity (Wildman–Crippen MR) is 114 cm³/mol. The van der Waals surface area contributed by atoms with Crippen LogP contribution in [0.15, 0.2) is 47.2 Å². The lowest BCUT2D eigenvalue weighted by Gasteiger charge is -2.06. The maximum atomic E-state index is 5.43. The number of oxazole rings is 1. The molecule has 3 rings (SSSR count). The molecule has 0 fully saturated rings. The summed E-state index contributed by atoms with van der Waals surface area (Å²) in [5.41, 5.74) is 2.10. The number of hydrogen-bond acceptors (Lipinski definition) is 5. The normalized spacial score (nSPS) is 11.0. The Kier molecular flexibility index (Phi) is 7.90. The van der Waals surface area contributed by atoms with E-state index in [-0.39, 0.29) is 0 Å². The summed E-state index contributed by atoms with van der Waals surface area (Å²) in [4.78, 5) is 9.02. The smallest absolute Gasteiger partial charge is 0.255 e. The van der Waals surface area contributed by atoms with Crippen molar-refractivity contribution in [2.45, 2.75) is 58.3 Å². The van der Waals surface area contributed by atoms with Gasteiger partial charge in [0.1, 0.15) is 17.0 Å². The molecular weight excluding hydrogens is 354 g/mol. The van der Waals surface area contributed by atoms with Gasteiger partial charge in [0.15, 0.2) is 5.01 Å². The Hall–Kier alpha value is -2.14. The van der Waals surface area contributed by atoms with E-state index in [1.807, 2.05) is 18.2 Å². The SMILES string of the molecule is CCCCCCCCCCNc1sc(-c2ncco2)nc1-c1ccccc1. The Labute approximate surface area is 166 Å². The highest BCUT2D eigenvalue weighted by Gasteiger charge is 2.16. The van der Waals surface area contributed by atoms with Gasteiger partial charge in [0.25, 0.3) is 5.89 Å². The molecule has 0 radical (unpaired) electrons. The molecule has 27 heavy (non-hydrogen) atoms. The zero-order chi connectivity index (χ0) is 18.7. The average molecular weight is 384 g/mol. The van der Waals surface area contributed by atoms with Gasteiger partial charge >= 0.3 is 0 Å². The lowest BCUT2D eigenvalue weighted by Crippen LogP contribution is -2.01. The van der Waals surface area contributed by atoms with Gasteiger partial charge in [-0.2, -0.15) is 0 Å². The fourth-order valence-electron chi connectivity index (χ4n) is 3.11. The minimum Gasteiger partial charge on any atom is -0.443 e. The topological polar surface area (TPSA) is 51.0 Å². The Morgan fingerprint density at radius 2 is 1.70 bits per heavy atom. The Balaban J connectivity index is 1.54. The van der Waals surface area contributed by atoms with Crippen LogP contribution in [-0.4, -0.2) is 16.5 Å². The molecule has 2 heterocycles. The quantitative estimate of drug-likeness (QED) is 0.341. The van der Waals surface area contributed by atoms with E-state index in [0.717, 1.165) is 27.8 Å². The van der Waals surface area contributed by atoms with Gasteiger partial charge in [-0.15, -0.1) is 0 Å². The second kappa shape index (κ2) is 10.9. The third-order valence-electron chi connectivity index (χ3n) is 4.61. The maximum Gasteiger partial charge on any atom is 0.255 e. The van der Waals surface area contributed by atoms with Gasteiger partial charge in [-0.25, -0.2) is 9.97 Å². The summed E-state index contributed by atoms with van der Waals surface area (Å²) >= 11 is 1.61. The molecule has 0 amide bonds. The van der Waals surface area contributed by atoms with Crippen molar-refractivity contribution in [2.75, 3.05) is 11.9 Å². The van der Waals surface area contributed by atoms with E-state index in [2.05, 4.69) is 29.4 Å². The number of nitrogens with one attached hydrogen (secondary N) is 1. The molecular formula is C22H29N3OS. The highest BCUT2D eigenvalue weighted by molar-refractivity contribution is 7.19. The number of unbranched alkanes of at least 4 members (excludes halogenated alkanes) is 7. The van der Waals surface area contributed by atoms with Crippen LogP contribution in [-0.2, 0) is 0 Å². The van der Waals surface area contributed by atoms with E-state index in [0.29, 0.717) is 5.89 Å². The molecule has 0 saturated carbocycles. The van der Waals surface area contributed by atoms with Gasteiger partial charge in [-0.3, -0.25) is 0 Å². The first-order valence-corrected chi connectivity index (χ1v) is 10.9. The summed E-state index contributed by atoms with van der Waals surface area (Å²) in [5, 5.41) is 5.50. The van der Waals surface area contributed by atoms with Crippen molar-refractivity contribution in [3.8, 4) is 22.2 Å². The van der Waals surface area contributed by atoms with Crippen molar-refractivity contribution in [3.63, 3.8) is 0 Å². The molecule has 0 aliphatic rings. The number of anilines is 1. The molecule has 5 heteroatoms. The zero-order valence-electron chi connectivity index (χ0n) is 16.1. The number of nitrogens with zero attached hydrogens (tertiary/aromatic N) is 2. The van der Waals surface area contributed by atoms with E-state index in [4.69, 9.17) is 9.40 Å². The van der Waals surface area contributed by atoms with E-state index >= 15 is 0 Å². The number of hydrogen-bond donors (Lipinski definition) is 1. The van der Waals surface area contributed by atoms with Crippen LogP contribution in [0.1, 0.15) is 58.3 Å². The molecule has 3 aromatic rings. The lowest BCUT2D eigenvalue weighted by atomic mass is 10.1. The van der Waals surface area contributed by atoms with Gasteiger partial charge in [0.05, 0.1) is 6.20 Å². The Morgan fingerprint density at radius 3 is 2.41 bits per heavy atom. The summed E-state index contributed by atoms with van der Waals surface area (Å²) in [5.74, 6) is 0.581. The molecule has 2 aromatic heterocycles. The van der Waals surface area contributed by atoms with E-state index in [9.17, 15) is 0 Å². The third-order valence-corrected chi connectivity index (χ3v) is 5.61. The van der Waals surface area contributed by atoms with E-state index in [1.165, 1.54) is 51.4 Å². The van der Waals surface area contributed by atoms with Gasteiger partial charge in [0, 0.05) is 12.1 Å². The van der Waals surface area contributed by atoms with Crippen molar-refractivity contribution in [1.82, 2.24) is 9.97 Å². The molecule has 144 valence electrons. The largest absolute Gasteiger partial charge is 0.443 e. The first-order valence-electron chi connectivity index (χ1n) is 10.1. The molecule has 0 atom stereocenters. The lowest BCUT2D eigenvalue weighted by molar-refractivity contribution is 0.574. The first-order chi connectivity index (χ1) is 13.4. The zero-order valence-corrected chi connectivity index (χ0v) is 16.9. The Bertz CT molecular complexity index is 768. The monoisotopic (exact) mass is 383 g/mol. The third kappa shape index (κ3) is 5.93. The minimum absolute atomic E-state index is 0.581. The van der Waals surface area contributed by atoms with Gasteiger partial charge in [-0.1, -0.05) is 93.5 Å². The van der Waals surface area contributed by atoms with Crippen LogP contribution in [0.5, 0.6) is 0 Å². The van der Waals surface area contributed by atoms with Gasteiger partial charge in [0.2, 0.25) is 0 Å². The average Bonchev–Trinajstić information content (AvgIpc) is 3.37. The highest BCUT2D eigenvalue weighted by Crippen LogP contribution is 2.37. The summed E-state index contributed by atoms with van der Waals surface area (Å²) < 4.78 is 5.43. The van der Waals surface area contributed by atoms with E-state index in [1.54, 1.807) is 23.8 Å². The number of aromatic nitrogens is 2. The standard InChI is InChI=1S/C22H29N3OS/c1-2-3-4-5-6-7-8-12-15-24-21-19(18-13-10-9-11-14-18)25-22(27-21)20-23-16-17-26-20/h9-11,13-14,16-17,24H,2-8,12,15H2,1H3. The van der Waals surface area contributed by atoms with Gasteiger partial charge < -0.3 is 9.73 Å². The fourth-order valence-corrected chi connectivity index (χ4v) is 4.07. The van der Waals surface area contributed by atoms with Crippen LogP contribution in [0.2, 0.25) is 0 Å². The second-order valence-electron chi connectivity index (χ2n) is 6.80. The number of rotatable bonds is 12. The molecule has 1 aromatic carbocycles. The molecule has 0 aliphatic carbocycles. The van der Waals surface area contributed by atoms with Crippen molar-refractivity contribution >= 4 is 16.3 Å². The van der Waals surface area contributed by atoms with Crippen LogP contribution < -0.4 is 5.32 Å². The first kappa shape index (κ1) is 19.6. The minimum atomic E-state index is 0.581. The molecule has 1 N–H and O–H groups in total. The van der Waals surface area contributed by atoms with Crippen molar-refractivity contribution < 1.29 is 4.42 Å². The van der Waals surface area contributed by atoms with E-state index < -0.39 is 0 Å². The molecule has 0 unspecified atom stereocenters. The predicted octanol–water partition coefficient (Wildman–Crippen LogP) is 7.02. The van der Waals surface area contributed by atoms with Crippen molar-refractivity contribution in [1.29, 1.82) is 0 Å². The molecule has 4 nitrogen and oxygen atoms in total. The van der Waals surface area contributed by atoms with Crippen LogP contribution >= 0.6 is 11.3 Å². The van der Waals surface area contributed by atoms with Crippen LogP contribution in [0, 0.1) is 0 Å². The number of benzene rings is 1. The summed E-state index contributed by atoms with van der Waals surface area (Å²) in [6, 6.07) is 10.3. The molecule has 0 saturated heterocycles. The second-order valence-corrected chi connectivity index (χ2v) is 7.80. The summed E-state index contributed by atoms with van der Waals surface area (Å²) in [6.07, 6.45) is 13.9. The molecule has 0 bridgehead atoms. The Morgan fingerprint density at radius 1 is 0.963 bits per heavy atom.